The number of H-pyrrole nitrogens is 1. The van der Waals surface area contributed by atoms with Gasteiger partial charge in [-0.15, -0.1) is 0 Å². The molecule has 1 aliphatic heterocycles. The van der Waals surface area contributed by atoms with Crippen molar-refractivity contribution >= 4 is 29.7 Å². The third-order valence-electron chi connectivity index (χ3n) is 12.2. The van der Waals surface area contributed by atoms with Gasteiger partial charge in [0.15, 0.2) is 5.69 Å². The SMILES string of the molecule is C[C@]12CC[C@H]3[C@@H](CC[C@]4(O)C[C@H](O)CC[C@]34/C=N\NC(=O)c3nc[nH]c3C(=O)Nc3ccccc3)[C@]1(O)CC[C@@H]2C1=CC(=O)OC1. The first kappa shape index (κ1) is 30.8. The van der Waals surface area contributed by atoms with Crippen LogP contribution in [0, 0.1) is 28.6 Å². The van der Waals surface area contributed by atoms with Gasteiger partial charge in [0, 0.05) is 35.2 Å². The van der Waals surface area contributed by atoms with Crippen LogP contribution in [-0.4, -0.2) is 73.2 Å². The van der Waals surface area contributed by atoms with Crippen molar-refractivity contribution in [3.63, 3.8) is 0 Å². The average molecular weight is 632 g/mol. The summed E-state index contributed by atoms with van der Waals surface area (Å²) in [5.74, 6) is -1.81. The van der Waals surface area contributed by atoms with Gasteiger partial charge in [0.2, 0.25) is 0 Å². The molecule has 7 rings (SSSR count). The number of carbonyl (C=O) groups is 3. The quantitative estimate of drug-likeness (QED) is 0.159. The molecule has 0 unspecified atom stereocenters. The Bertz CT molecular complexity index is 1610. The zero-order chi connectivity index (χ0) is 32.3. The number of hydrazone groups is 1. The predicted octanol–water partition coefficient (Wildman–Crippen LogP) is 3.09. The number of carbonyl (C=O) groups excluding carboxylic acids is 3. The number of ether oxygens (including phenoxy) is 1. The summed E-state index contributed by atoms with van der Waals surface area (Å²) in [6.07, 6.45) is 8.62. The fourth-order valence-electron chi connectivity index (χ4n) is 9.97. The van der Waals surface area contributed by atoms with Crippen molar-refractivity contribution in [1.29, 1.82) is 0 Å². The maximum Gasteiger partial charge on any atom is 0.331 e. The number of esters is 1. The van der Waals surface area contributed by atoms with Crippen LogP contribution in [0.1, 0.15) is 85.7 Å². The van der Waals surface area contributed by atoms with Gasteiger partial charge in [-0.05, 0) is 86.8 Å². The van der Waals surface area contributed by atoms with E-state index in [0.29, 0.717) is 50.6 Å². The smallest absolute Gasteiger partial charge is 0.331 e. The number of aromatic nitrogens is 2. The molecule has 2 aromatic rings. The maximum absolute atomic E-state index is 13.3. The number of cyclic esters (lactones) is 1. The average Bonchev–Trinajstić information content (AvgIpc) is 3.75. The van der Waals surface area contributed by atoms with E-state index in [2.05, 4.69) is 32.7 Å². The Morgan fingerprint density at radius 1 is 1.04 bits per heavy atom. The van der Waals surface area contributed by atoms with Gasteiger partial charge in [-0.2, -0.15) is 5.10 Å². The van der Waals surface area contributed by atoms with E-state index in [4.69, 9.17) is 4.74 Å². The molecular weight excluding hydrogens is 590 g/mol. The molecule has 6 N–H and O–H groups in total. The monoisotopic (exact) mass is 631 g/mol. The summed E-state index contributed by atoms with van der Waals surface area (Å²) in [5, 5.41) is 42.6. The first-order chi connectivity index (χ1) is 22.0. The second-order valence-electron chi connectivity index (χ2n) is 14.2. The number of benzene rings is 1. The number of aromatic amines is 1. The molecule has 1 aromatic heterocycles. The van der Waals surface area contributed by atoms with Gasteiger partial charge in [-0.3, -0.25) is 9.59 Å². The number of hydrogen-bond donors (Lipinski definition) is 6. The number of para-hydroxylation sites is 1. The van der Waals surface area contributed by atoms with Crippen molar-refractivity contribution < 1.29 is 34.4 Å². The van der Waals surface area contributed by atoms with Crippen LogP contribution in [0.3, 0.4) is 0 Å². The van der Waals surface area contributed by atoms with Crippen LogP contribution in [-0.2, 0) is 9.53 Å². The van der Waals surface area contributed by atoms with Crippen LogP contribution in [0.4, 0.5) is 5.69 Å². The summed E-state index contributed by atoms with van der Waals surface area (Å²) in [5.41, 5.74) is 0.255. The van der Waals surface area contributed by atoms with Crippen molar-refractivity contribution in [2.45, 2.75) is 82.0 Å². The minimum atomic E-state index is -1.27. The number of hydrogen-bond acceptors (Lipinski definition) is 9. The van der Waals surface area contributed by atoms with E-state index in [1.165, 1.54) is 6.33 Å². The largest absolute Gasteiger partial charge is 0.458 e. The summed E-state index contributed by atoms with van der Waals surface area (Å²) >= 11 is 0. The lowest BCUT2D eigenvalue weighted by Gasteiger charge is -2.65. The summed E-state index contributed by atoms with van der Waals surface area (Å²) in [6.45, 7) is 2.40. The van der Waals surface area contributed by atoms with Gasteiger partial charge in [0.25, 0.3) is 11.8 Å². The van der Waals surface area contributed by atoms with Crippen molar-refractivity contribution in [3.05, 3.63) is 59.7 Å². The number of imidazole rings is 1. The molecular formula is C34H41N5O7. The Labute approximate surface area is 266 Å². The molecule has 4 saturated carbocycles. The van der Waals surface area contributed by atoms with Gasteiger partial charge in [-0.25, -0.2) is 15.2 Å². The number of nitrogens with one attached hydrogen (secondary N) is 3. The highest BCUT2D eigenvalue weighted by Crippen LogP contribution is 2.70. The molecule has 1 aromatic carbocycles. The van der Waals surface area contributed by atoms with Gasteiger partial charge >= 0.3 is 5.97 Å². The van der Waals surface area contributed by atoms with E-state index >= 15 is 0 Å². The summed E-state index contributed by atoms with van der Waals surface area (Å²) in [4.78, 5) is 44.9. The molecule has 0 spiro atoms. The molecule has 46 heavy (non-hydrogen) atoms. The van der Waals surface area contributed by atoms with Crippen LogP contribution < -0.4 is 10.7 Å². The molecule has 4 aliphatic carbocycles. The first-order valence-corrected chi connectivity index (χ1v) is 16.2. The zero-order valence-corrected chi connectivity index (χ0v) is 25.9. The molecule has 4 fully saturated rings. The van der Waals surface area contributed by atoms with Gasteiger partial charge in [-0.1, -0.05) is 25.1 Å². The normalized spacial score (nSPS) is 38.3. The second kappa shape index (κ2) is 11.1. The van der Waals surface area contributed by atoms with E-state index in [1.54, 1.807) is 36.6 Å². The zero-order valence-electron chi connectivity index (χ0n) is 25.9. The fourth-order valence-corrected chi connectivity index (χ4v) is 9.97. The summed E-state index contributed by atoms with van der Waals surface area (Å²) in [6, 6.07) is 8.86. The summed E-state index contributed by atoms with van der Waals surface area (Å²) < 4.78 is 5.24. The lowest BCUT2D eigenvalue weighted by atomic mass is 9.41. The molecule has 5 aliphatic rings. The highest BCUT2D eigenvalue weighted by Gasteiger charge is 2.71. The van der Waals surface area contributed by atoms with Crippen LogP contribution in [0.25, 0.3) is 0 Å². The molecule has 0 saturated heterocycles. The van der Waals surface area contributed by atoms with E-state index in [0.717, 1.165) is 12.0 Å². The van der Waals surface area contributed by atoms with Crippen molar-refractivity contribution in [2.75, 3.05) is 11.9 Å². The Morgan fingerprint density at radius 2 is 1.83 bits per heavy atom. The van der Waals surface area contributed by atoms with E-state index in [9.17, 15) is 29.7 Å². The highest BCUT2D eigenvalue weighted by atomic mass is 16.5. The van der Waals surface area contributed by atoms with Crippen LogP contribution in [0.2, 0.25) is 0 Å². The van der Waals surface area contributed by atoms with E-state index < -0.39 is 40.0 Å². The molecule has 2 heterocycles. The molecule has 12 nitrogen and oxygen atoms in total. The number of rotatable bonds is 6. The minimum Gasteiger partial charge on any atom is -0.458 e. The van der Waals surface area contributed by atoms with E-state index in [1.807, 2.05) is 6.07 Å². The Morgan fingerprint density at radius 3 is 2.59 bits per heavy atom. The number of fused-ring (bicyclic) bond motifs is 5. The lowest BCUT2D eigenvalue weighted by Crippen LogP contribution is -2.68. The van der Waals surface area contributed by atoms with Gasteiger partial charge < -0.3 is 30.4 Å². The molecule has 8 atom stereocenters. The summed E-state index contributed by atoms with van der Waals surface area (Å²) in [7, 11) is 0. The Kier molecular flexibility index (Phi) is 7.45. The number of anilines is 1. The topological polar surface area (TPSA) is 186 Å². The Balaban J connectivity index is 1.15. The standard InChI is InChI=1S/C34H41N5O7/c1-31-11-8-24-25(34(31,45)14-10-23(31)20-15-26(41)46-17-20)9-13-33(44)16-22(40)7-12-32(24,33)18-37-39-30(43)28-27(35-19-36-28)29(42)38-21-5-3-2-4-6-21/h2-6,15,18-19,22-25,40,44-45H,7-14,16-17H2,1H3,(H,35,36)(H,38,42)(H,39,43)/b37-18-/t22-,23-,24+,25-,31-,32+,33+,34-/m1/s1. The van der Waals surface area contributed by atoms with Gasteiger partial charge in [0.1, 0.15) is 12.3 Å². The molecule has 0 bridgehead atoms. The highest BCUT2D eigenvalue weighted by molar-refractivity contribution is 6.10. The minimum absolute atomic E-state index is 0.0150. The lowest BCUT2D eigenvalue weighted by molar-refractivity contribution is -0.237. The molecule has 0 radical (unpaired) electrons. The van der Waals surface area contributed by atoms with Crippen molar-refractivity contribution in [2.24, 2.45) is 33.7 Å². The fraction of sp³-hybridized carbons (Fsp3) is 0.559. The Hall–Kier alpha value is -3.87. The van der Waals surface area contributed by atoms with Crippen LogP contribution in [0.5, 0.6) is 0 Å². The first-order valence-electron chi connectivity index (χ1n) is 16.2. The molecule has 244 valence electrons. The van der Waals surface area contributed by atoms with Crippen LogP contribution in [0.15, 0.2) is 53.4 Å². The third kappa shape index (κ3) is 4.64. The molecule has 12 heteroatoms. The number of aliphatic hydroxyl groups is 3. The maximum atomic E-state index is 13.3. The predicted molar refractivity (Wildman–Crippen MR) is 166 cm³/mol. The van der Waals surface area contributed by atoms with Crippen LogP contribution >= 0.6 is 0 Å². The third-order valence-corrected chi connectivity index (χ3v) is 12.2. The van der Waals surface area contributed by atoms with Crippen molar-refractivity contribution in [1.82, 2.24) is 15.4 Å². The number of aliphatic hydroxyl groups excluding tert-OH is 1. The number of amides is 2. The number of nitrogens with zero attached hydrogens (tertiary/aromatic N) is 2. The van der Waals surface area contributed by atoms with Crippen molar-refractivity contribution in [3.8, 4) is 0 Å². The van der Waals surface area contributed by atoms with E-state index in [-0.39, 0.29) is 48.1 Å². The second-order valence-corrected chi connectivity index (χ2v) is 14.2. The van der Waals surface area contributed by atoms with Gasteiger partial charge in [0.05, 0.1) is 23.6 Å². The molecule has 2 amide bonds.